The van der Waals surface area contributed by atoms with E-state index in [1.54, 1.807) is 35.0 Å². The van der Waals surface area contributed by atoms with Gasteiger partial charge in [-0.1, -0.05) is 29.8 Å². The number of nitrogens with one attached hydrogen (secondary N) is 1. The van der Waals surface area contributed by atoms with Crippen LogP contribution in [0.3, 0.4) is 0 Å². The molecule has 0 atom stereocenters. The summed E-state index contributed by atoms with van der Waals surface area (Å²) in [5.41, 5.74) is 5.31. The Balaban J connectivity index is 1.44. The van der Waals surface area contributed by atoms with E-state index in [-0.39, 0.29) is 5.75 Å². The predicted octanol–water partition coefficient (Wildman–Crippen LogP) is 4.63. The first-order chi connectivity index (χ1) is 15.7. The lowest BCUT2D eigenvalue weighted by Crippen LogP contribution is -2.15. The summed E-state index contributed by atoms with van der Waals surface area (Å²) in [7, 11) is -3.54. The molecule has 9 heteroatoms. The van der Waals surface area contributed by atoms with Crippen molar-refractivity contribution in [2.75, 3.05) is 4.72 Å². The van der Waals surface area contributed by atoms with E-state index in [9.17, 15) is 8.42 Å². The largest absolute Gasteiger partial charge is 0.439 e. The zero-order valence-electron chi connectivity index (χ0n) is 18.9. The molecule has 0 spiro atoms. The number of aryl methyl sites for hydroxylation is 2. The molecule has 4 aromatic rings. The van der Waals surface area contributed by atoms with E-state index in [4.69, 9.17) is 4.74 Å². The van der Waals surface area contributed by atoms with E-state index in [2.05, 4.69) is 19.8 Å². The number of benzene rings is 2. The maximum absolute atomic E-state index is 12.5. The third kappa shape index (κ3) is 5.38. The Bertz CT molecular complexity index is 1380. The fourth-order valence-corrected chi connectivity index (χ4v) is 4.48. The lowest BCUT2D eigenvalue weighted by molar-refractivity contribution is 0.460. The van der Waals surface area contributed by atoms with Crippen LogP contribution in [0.4, 0.5) is 5.69 Å². The molecule has 0 aliphatic carbocycles. The maximum Gasteiger partial charge on any atom is 0.236 e. The summed E-state index contributed by atoms with van der Waals surface area (Å²) in [6.45, 7) is 7.91. The first-order valence-electron chi connectivity index (χ1n) is 10.4. The quantitative estimate of drug-likeness (QED) is 0.429. The van der Waals surface area contributed by atoms with Gasteiger partial charge in [-0.2, -0.15) is 5.10 Å². The molecule has 0 radical (unpaired) electrons. The summed E-state index contributed by atoms with van der Waals surface area (Å²) in [5.74, 6) is 1.39. The molecule has 4 rings (SSSR count). The topological polar surface area (TPSA) is 99.0 Å². The van der Waals surface area contributed by atoms with Crippen molar-refractivity contribution in [3.05, 3.63) is 89.0 Å². The third-order valence-electron chi connectivity index (χ3n) is 5.33. The predicted molar refractivity (Wildman–Crippen MR) is 127 cm³/mol. The van der Waals surface area contributed by atoms with Crippen molar-refractivity contribution in [2.45, 2.75) is 33.4 Å². The van der Waals surface area contributed by atoms with Gasteiger partial charge < -0.3 is 4.74 Å². The van der Waals surface area contributed by atoms with Gasteiger partial charge in [-0.05, 0) is 63.1 Å². The number of sulfonamides is 1. The highest BCUT2D eigenvalue weighted by molar-refractivity contribution is 7.91. The molecule has 0 aliphatic heterocycles. The highest BCUT2D eigenvalue weighted by Gasteiger charge is 2.13. The fraction of sp³-hybridized carbons (Fsp3) is 0.208. The minimum atomic E-state index is -3.54. The molecule has 2 aromatic heterocycles. The molecule has 0 amide bonds. The van der Waals surface area contributed by atoms with Gasteiger partial charge in [-0.15, -0.1) is 0 Å². The standard InChI is InChI=1S/C24H25N5O3S/c1-16-5-7-20(8-6-16)14-33(30,31)28-21-9-11-22(12-10-21)32-24-13-23(25-15-26-24)29-19(4)17(2)18(3)27-29/h5-13,15,28H,14H2,1-4H3. The molecule has 0 fully saturated rings. The van der Waals surface area contributed by atoms with E-state index >= 15 is 0 Å². The number of rotatable bonds is 7. The Kier molecular flexibility index (Phi) is 6.15. The van der Waals surface area contributed by atoms with Gasteiger partial charge in [0, 0.05) is 17.4 Å². The molecule has 170 valence electrons. The Hall–Kier alpha value is -3.72. The molecule has 8 nitrogen and oxygen atoms in total. The van der Waals surface area contributed by atoms with Crippen LogP contribution in [0.15, 0.2) is 60.9 Å². The van der Waals surface area contributed by atoms with Crippen LogP contribution in [-0.2, 0) is 15.8 Å². The fourth-order valence-electron chi connectivity index (χ4n) is 3.28. The van der Waals surface area contributed by atoms with Crippen LogP contribution in [0.2, 0.25) is 0 Å². The van der Waals surface area contributed by atoms with E-state index in [1.165, 1.54) is 6.33 Å². The smallest absolute Gasteiger partial charge is 0.236 e. The second kappa shape index (κ2) is 9.03. The summed E-state index contributed by atoms with van der Waals surface area (Å²) < 4.78 is 35.2. The third-order valence-corrected chi connectivity index (χ3v) is 6.59. The van der Waals surface area contributed by atoms with Gasteiger partial charge in [-0.3, -0.25) is 4.72 Å². The minimum Gasteiger partial charge on any atom is -0.439 e. The number of hydrogen-bond acceptors (Lipinski definition) is 6. The van der Waals surface area contributed by atoms with Crippen molar-refractivity contribution in [1.82, 2.24) is 19.7 Å². The second-order valence-corrected chi connectivity index (χ2v) is 9.62. The first kappa shape index (κ1) is 22.5. The number of ether oxygens (including phenoxy) is 1. The highest BCUT2D eigenvalue weighted by Crippen LogP contribution is 2.24. The van der Waals surface area contributed by atoms with Crippen LogP contribution in [0.1, 0.15) is 28.1 Å². The Morgan fingerprint density at radius 2 is 1.64 bits per heavy atom. The van der Waals surface area contributed by atoms with Gasteiger partial charge in [0.1, 0.15) is 12.1 Å². The summed E-state index contributed by atoms with van der Waals surface area (Å²) in [4.78, 5) is 8.46. The molecule has 0 saturated carbocycles. The maximum atomic E-state index is 12.5. The Morgan fingerprint density at radius 1 is 0.939 bits per heavy atom. The lowest BCUT2D eigenvalue weighted by atomic mass is 10.2. The number of aromatic nitrogens is 4. The van der Waals surface area contributed by atoms with Gasteiger partial charge in [0.15, 0.2) is 5.82 Å². The van der Waals surface area contributed by atoms with Crippen LogP contribution < -0.4 is 9.46 Å². The van der Waals surface area contributed by atoms with Gasteiger partial charge in [-0.25, -0.2) is 23.1 Å². The van der Waals surface area contributed by atoms with Crippen LogP contribution >= 0.6 is 0 Å². The summed E-state index contributed by atoms with van der Waals surface area (Å²) >= 11 is 0. The summed E-state index contributed by atoms with van der Waals surface area (Å²) in [6.07, 6.45) is 1.42. The zero-order valence-corrected chi connectivity index (χ0v) is 19.7. The van der Waals surface area contributed by atoms with Crippen molar-refractivity contribution in [3.8, 4) is 17.4 Å². The molecule has 33 heavy (non-hydrogen) atoms. The van der Waals surface area contributed by atoms with Crippen LogP contribution in [-0.4, -0.2) is 28.2 Å². The Morgan fingerprint density at radius 3 is 2.27 bits per heavy atom. The van der Waals surface area contributed by atoms with E-state index in [0.717, 1.165) is 28.1 Å². The molecule has 2 heterocycles. The van der Waals surface area contributed by atoms with Crippen molar-refractivity contribution in [3.63, 3.8) is 0 Å². The van der Waals surface area contributed by atoms with Gasteiger partial charge >= 0.3 is 0 Å². The average molecular weight is 464 g/mol. The van der Waals surface area contributed by atoms with Gasteiger partial charge in [0.05, 0.1) is 11.4 Å². The molecular formula is C24H25N5O3S. The SMILES string of the molecule is Cc1ccc(CS(=O)(=O)Nc2ccc(Oc3cc(-n4nc(C)c(C)c4C)ncn3)cc2)cc1. The summed E-state index contributed by atoms with van der Waals surface area (Å²) in [6, 6.07) is 15.8. The number of hydrogen-bond donors (Lipinski definition) is 1. The molecule has 2 aromatic carbocycles. The molecule has 0 aliphatic rings. The van der Waals surface area contributed by atoms with Crippen molar-refractivity contribution in [2.24, 2.45) is 0 Å². The van der Waals surface area contributed by atoms with Crippen molar-refractivity contribution >= 4 is 15.7 Å². The van der Waals surface area contributed by atoms with E-state index in [1.807, 2.05) is 52.0 Å². The Labute approximate surface area is 193 Å². The summed E-state index contributed by atoms with van der Waals surface area (Å²) in [5, 5.41) is 4.51. The van der Waals surface area contributed by atoms with Crippen LogP contribution in [0.25, 0.3) is 5.82 Å². The molecule has 1 N–H and O–H groups in total. The van der Waals surface area contributed by atoms with E-state index < -0.39 is 10.0 Å². The van der Waals surface area contributed by atoms with E-state index in [0.29, 0.717) is 23.1 Å². The molecule has 0 bridgehead atoms. The second-order valence-electron chi connectivity index (χ2n) is 7.90. The van der Waals surface area contributed by atoms with Crippen LogP contribution in [0, 0.1) is 27.7 Å². The zero-order chi connectivity index (χ0) is 23.6. The lowest BCUT2D eigenvalue weighted by Gasteiger charge is -2.10. The molecule has 0 unspecified atom stereocenters. The normalized spacial score (nSPS) is 11.4. The first-order valence-corrected chi connectivity index (χ1v) is 12.0. The van der Waals surface area contributed by atoms with Crippen molar-refractivity contribution in [1.29, 1.82) is 0 Å². The monoisotopic (exact) mass is 463 g/mol. The molecule has 0 saturated heterocycles. The molecular weight excluding hydrogens is 438 g/mol. The minimum absolute atomic E-state index is 0.0962. The average Bonchev–Trinajstić information content (AvgIpc) is 3.04. The van der Waals surface area contributed by atoms with Gasteiger partial charge in [0.2, 0.25) is 15.9 Å². The van der Waals surface area contributed by atoms with Crippen LogP contribution in [0.5, 0.6) is 11.6 Å². The highest BCUT2D eigenvalue weighted by atomic mass is 32.2. The number of anilines is 1. The van der Waals surface area contributed by atoms with Gasteiger partial charge in [0.25, 0.3) is 0 Å². The number of nitrogens with zero attached hydrogens (tertiary/aromatic N) is 4. The van der Waals surface area contributed by atoms with Crippen molar-refractivity contribution < 1.29 is 13.2 Å².